The van der Waals surface area contributed by atoms with Gasteiger partial charge in [-0.3, -0.25) is 0 Å². The lowest BCUT2D eigenvalue weighted by molar-refractivity contribution is 0.226. The van der Waals surface area contributed by atoms with Gasteiger partial charge in [-0.05, 0) is 20.3 Å². The maximum absolute atomic E-state index is 8.81. The molecule has 0 bridgehead atoms. The highest BCUT2D eigenvalue weighted by molar-refractivity contribution is 4.83. The zero-order valence-electron chi connectivity index (χ0n) is 8.87. The van der Waals surface area contributed by atoms with Crippen molar-refractivity contribution in [1.29, 1.82) is 0 Å². The number of hydrogen-bond donors (Lipinski definition) is 2. The largest absolute Gasteiger partial charge is 0.424 e. The van der Waals surface area contributed by atoms with Crippen molar-refractivity contribution in [2.24, 2.45) is 0 Å². The summed E-state index contributed by atoms with van der Waals surface area (Å²) in [7, 11) is 0. The predicted octanol–water partition coefficient (Wildman–Crippen LogP) is 0.629. The van der Waals surface area contributed by atoms with Crippen molar-refractivity contribution in [3.8, 4) is 0 Å². The van der Waals surface area contributed by atoms with E-state index in [0.29, 0.717) is 24.7 Å². The van der Waals surface area contributed by atoms with Gasteiger partial charge in [-0.15, -0.1) is 10.2 Å². The van der Waals surface area contributed by atoms with Gasteiger partial charge in [0.25, 0.3) is 0 Å². The van der Waals surface area contributed by atoms with E-state index in [1.165, 1.54) is 0 Å². The van der Waals surface area contributed by atoms with E-state index >= 15 is 0 Å². The molecule has 1 aromatic heterocycles. The van der Waals surface area contributed by atoms with Crippen LogP contribution in [0.1, 0.15) is 32.0 Å². The maximum Gasteiger partial charge on any atom is 0.230 e. The highest BCUT2D eigenvalue weighted by Gasteiger charge is 2.17. The first-order valence-corrected chi connectivity index (χ1v) is 4.68. The fourth-order valence-electron chi connectivity index (χ4n) is 1.09. The molecule has 5 heteroatoms. The Bertz CT molecular complexity index is 283. The summed E-state index contributed by atoms with van der Waals surface area (Å²) in [6, 6.07) is 0. The third-order valence-electron chi connectivity index (χ3n) is 2.02. The highest BCUT2D eigenvalue weighted by atomic mass is 16.4. The second kappa shape index (κ2) is 4.52. The summed E-state index contributed by atoms with van der Waals surface area (Å²) >= 11 is 0. The molecule has 0 aromatic carbocycles. The molecule has 14 heavy (non-hydrogen) atoms. The van der Waals surface area contributed by atoms with Gasteiger partial charge in [0.15, 0.2) is 0 Å². The van der Waals surface area contributed by atoms with Crippen molar-refractivity contribution in [3.05, 3.63) is 11.8 Å². The topological polar surface area (TPSA) is 71.2 Å². The van der Waals surface area contributed by atoms with Crippen LogP contribution in [0.2, 0.25) is 0 Å². The van der Waals surface area contributed by atoms with E-state index in [9.17, 15) is 0 Å². The lowest BCUT2D eigenvalue weighted by atomic mass is 10.0. The van der Waals surface area contributed by atoms with Crippen molar-refractivity contribution in [2.75, 3.05) is 6.61 Å². The molecular formula is C9H17N3O2. The van der Waals surface area contributed by atoms with E-state index in [2.05, 4.69) is 15.5 Å². The zero-order valence-corrected chi connectivity index (χ0v) is 8.87. The smallest absolute Gasteiger partial charge is 0.230 e. The molecule has 0 amide bonds. The van der Waals surface area contributed by atoms with Crippen LogP contribution in [0.25, 0.3) is 0 Å². The standard InChI is InChI=1S/C9H17N3O2/c1-7-11-12-8(14-7)6-10-9(2,3)4-5-13/h10,13H,4-6H2,1-3H3. The number of aryl methyl sites for hydroxylation is 1. The monoisotopic (exact) mass is 199 g/mol. The second-order valence-corrected chi connectivity index (χ2v) is 3.93. The van der Waals surface area contributed by atoms with E-state index in [0.717, 1.165) is 0 Å². The number of nitrogens with zero attached hydrogens (tertiary/aromatic N) is 2. The second-order valence-electron chi connectivity index (χ2n) is 3.93. The molecule has 1 heterocycles. The Kier molecular flexibility index (Phi) is 3.60. The van der Waals surface area contributed by atoms with Gasteiger partial charge in [-0.25, -0.2) is 0 Å². The minimum Gasteiger partial charge on any atom is -0.424 e. The molecular weight excluding hydrogens is 182 g/mol. The number of aliphatic hydroxyl groups excluding tert-OH is 1. The van der Waals surface area contributed by atoms with Crippen LogP contribution >= 0.6 is 0 Å². The molecule has 1 rings (SSSR count). The van der Waals surface area contributed by atoms with Crippen LogP contribution in [0.15, 0.2) is 4.42 Å². The Morgan fingerprint density at radius 1 is 1.43 bits per heavy atom. The summed E-state index contributed by atoms with van der Waals surface area (Å²) in [6.45, 7) is 6.50. The third kappa shape index (κ3) is 3.43. The minimum absolute atomic E-state index is 0.114. The Labute approximate surface area is 83.5 Å². The van der Waals surface area contributed by atoms with E-state index in [-0.39, 0.29) is 12.1 Å². The number of aromatic nitrogens is 2. The van der Waals surface area contributed by atoms with Gasteiger partial charge in [0.1, 0.15) is 0 Å². The van der Waals surface area contributed by atoms with Crippen LogP contribution in [0, 0.1) is 6.92 Å². The number of aliphatic hydroxyl groups is 1. The summed E-state index contributed by atoms with van der Waals surface area (Å²) < 4.78 is 5.21. The van der Waals surface area contributed by atoms with Crippen molar-refractivity contribution in [3.63, 3.8) is 0 Å². The van der Waals surface area contributed by atoms with Gasteiger partial charge in [0, 0.05) is 19.1 Å². The van der Waals surface area contributed by atoms with Gasteiger partial charge in [0.2, 0.25) is 11.8 Å². The molecule has 0 radical (unpaired) electrons. The molecule has 0 saturated heterocycles. The average molecular weight is 199 g/mol. The van der Waals surface area contributed by atoms with Crippen molar-refractivity contribution < 1.29 is 9.52 Å². The molecule has 0 unspecified atom stereocenters. The van der Waals surface area contributed by atoms with Crippen LogP contribution in [-0.2, 0) is 6.54 Å². The SMILES string of the molecule is Cc1nnc(CNC(C)(C)CCO)o1. The molecule has 0 fully saturated rings. The molecule has 0 aliphatic rings. The van der Waals surface area contributed by atoms with Gasteiger partial charge in [0.05, 0.1) is 6.54 Å². The molecule has 0 saturated carbocycles. The first-order valence-electron chi connectivity index (χ1n) is 4.68. The Morgan fingerprint density at radius 2 is 2.14 bits per heavy atom. The molecule has 5 nitrogen and oxygen atoms in total. The third-order valence-corrected chi connectivity index (χ3v) is 2.02. The Balaban J connectivity index is 2.40. The van der Waals surface area contributed by atoms with Crippen molar-refractivity contribution in [2.45, 2.75) is 39.3 Å². The van der Waals surface area contributed by atoms with Crippen molar-refractivity contribution in [1.82, 2.24) is 15.5 Å². The molecule has 0 aliphatic carbocycles. The normalized spacial score (nSPS) is 12.0. The summed E-state index contributed by atoms with van der Waals surface area (Å²) in [5, 5.41) is 19.6. The number of nitrogens with one attached hydrogen (secondary N) is 1. The van der Waals surface area contributed by atoms with Crippen LogP contribution in [0.4, 0.5) is 0 Å². The molecule has 2 N–H and O–H groups in total. The molecule has 0 atom stereocenters. The minimum atomic E-state index is -0.114. The molecule has 0 aliphatic heterocycles. The van der Waals surface area contributed by atoms with E-state index < -0.39 is 0 Å². The van der Waals surface area contributed by atoms with Gasteiger partial charge in [-0.2, -0.15) is 0 Å². The quantitative estimate of drug-likeness (QED) is 0.727. The van der Waals surface area contributed by atoms with Crippen molar-refractivity contribution >= 4 is 0 Å². The molecule has 0 spiro atoms. The lowest BCUT2D eigenvalue weighted by Crippen LogP contribution is -2.39. The number of rotatable bonds is 5. The van der Waals surface area contributed by atoms with Gasteiger partial charge >= 0.3 is 0 Å². The maximum atomic E-state index is 8.81. The highest BCUT2D eigenvalue weighted by Crippen LogP contribution is 2.08. The van der Waals surface area contributed by atoms with E-state index in [4.69, 9.17) is 9.52 Å². The summed E-state index contributed by atoms with van der Waals surface area (Å²) in [6.07, 6.45) is 0.695. The first-order chi connectivity index (χ1) is 6.53. The molecule has 80 valence electrons. The summed E-state index contributed by atoms with van der Waals surface area (Å²) in [5.41, 5.74) is -0.114. The Morgan fingerprint density at radius 3 is 2.64 bits per heavy atom. The fraction of sp³-hybridized carbons (Fsp3) is 0.778. The summed E-state index contributed by atoms with van der Waals surface area (Å²) in [4.78, 5) is 0. The van der Waals surface area contributed by atoms with Crippen LogP contribution < -0.4 is 5.32 Å². The van der Waals surface area contributed by atoms with Crippen LogP contribution in [-0.4, -0.2) is 27.4 Å². The fourth-order valence-corrected chi connectivity index (χ4v) is 1.09. The zero-order chi connectivity index (χ0) is 10.6. The number of hydrogen-bond acceptors (Lipinski definition) is 5. The summed E-state index contributed by atoms with van der Waals surface area (Å²) in [5.74, 6) is 1.15. The first kappa shape index (κ1) is 11.1. The van der Waals surface area contributed by atoms with E-state index in [1.54, 1.807) is 6.92 Å². The van der Waals surface area contributed by atoms with Gasteiger partial charge < -0.3 is 14.8 Å². The van der Waals surface area contributed by atoms with Crippen LogP contribution in [0.5, 0.6) is 0 Å². The Hall–Kier alpha value is -0.940. The predicted molar refractivity (Wildman–Crippen MR) is 51.7 cm³/mol. The van der Waals surface area contributed by atoms with Crippen LogP contribution in [0.3, 0.4) is 0 Å². The lowest BCUT2D eigenvalue weighted by Gasteiger charge is -2.24. The van der Waals surface area contributed by atoms with E-state index in [1.807, 2.05) is 13.8 Å². The average Bonchev–Trinajstić information content (AvgIpc) is 2.48. The molecule has 1 aromatic rings. The van der Waals surface area contributed by atoms with Gasteiger partial charge in [-0.1, -0.05) is 0 Å².